The molecule has 0 aromatic carbocycles. The molecule has 1 rings (SSSR count). The number of rotatable bonds is 4. The first kappa shape index (κ1) is 16.9. The summed E-state index contributed by atoms with van der Waals surface area (Å²) in [5.74, 6) is -3.58. The fraction of sp³-hybridized carbons (Fsp3) is 0.500. The van der Waals surface area contributed by atoms with Crippen LogP contribution >= 0.6 is 0 Å². The largest absolute Gasteiger partial charge is 0.480 e. The highest BCUT2D eigenvalue weighted by Gasteiger charge is 2.36. The van der Waals surface area contributed by atoms with Gasteiger partial charge in [0.2, 0.25) is 5.82 Å². The van der Waals surface area contributed by atoms with E-state index < -0.39 is 42.2 Å². The lowest BCUT2D eigenvalue weighted by Gasteiger charge is -2.24. The van der Waals surface area contributed by atoms with E-state index in [2.05, 4.69) is 9.97 Å². The number of aliphatic carboxylic acids is 1. The van der Waals surface area contributed by atoms with Crippen LogP contribution in [-0.4, -0.2) is 44.4 Å². The van der Waals surface area contributed by atoms with E-state index in [4.69, 9.17) is 5.11 Å². The Morgan fingerprint density at radius 2 is 1.90 bits per heavy atom. The zero-order valence-corrected chi connectivity index (χ0v) is 11.6. The lowest BCUT2D eigenvalue weighted by molar-refractivity contribution is -0.145. The smallest absolute Gasteiger partial charge is 0.451 e. The molecule has 1 N–H and O–H groups in total. The van der Waals surface area contributed by atoms with E-state index in [0.717, 1.165) is 11.0 Å². The van der Waals surface area contributed by atoms with Gasteiger partial charge in [0.1, 0.15) is 12.2 Å². The monoisotopic (exact) mass is 305 g/mol. The molecule has 0 aliphatic carbocycles. The van der Waals surface area contributed by atoms with E-state index in [1.807, 2.05) is 0 Å². The van der Waals surface area contributed by atoms with Crippen molar-refractivity contribution in [3.05, 3.63) is 23.3 Å². The number of amides is 1. The average molecular weight is 305 g/mol. The SMILES string of the molecule is Cc1cc(C(=O)N(CC(=O)O)C(C)C)nc(C(F)(F)F)n1. The van der Waals surface area contributed by atoms with Gasteiger partial charge in [0.05, 0.1) is 0 Å². The van der Waals surface area contributed by atoms with Crippen molar-refractivity contribution < 1.29 is 27.9 Å². The summed E-state index contributed by atoms with van der Waals surface area (Å²) in [5.41, 5.74) is -0.510. The van der Waals surface area contributed by atoms with Crippen LogP contribution in [0, 0.1) is 6.92 Å². The van der Waals surface area contributed by atoms with Gasteiger partial charge >= 0.3 is 12.1 Å². The molecule has 1 aromatic rings. The summed E-state index contributed by atoms with van der Waals surface area (Å²) >= 11 is 0. The van der Waals surface area contributed by atoms with Gasteiger partial charge in [0, 0.05) is 11.7 Å². The Morgan fingerprint density at radius 3 is 2.33 bits per heavy atom. The van der Waals surface area contributed by atoms with Crippen molar-refractivity contribution in [2.45, 2.75) is 33.0 Å². The highest BCUT2D eigenvalue weighted by Crippen LogP contribution is 2.26. The predicted molar refractivity (Wildman–Crippen MR) is 65.6 cm³/mol. The van der Waals surface area contributed by atoms with Crippen molar-refractivity contribution in [2.24, 2.45) is 0 Å². The third kappa shape index (κ3) is 4.40. The Bertz CT molecular complexity index is 558. The average Bonchev–Trinajstić information content (AvgIpc) is 2.32. The van der Waals surface area contributed by atoms with Crippen LogP contribution < -0.4 is 0 Å². The zero-order valence-electron chi connectivity index (χ0n) is 11.6. The van der Waals surface area contributed by atoms with E-state index in [1.54, 1.807) is 13.8 Å². The highest BCUT2D eigenvalue weighted by molar-refractivity contribution is 5.94. The lowest BCUT2D eigenvalue weighted by atomic mass is 10.2. The second-order valence-electron chi connectivity index (χ2n) is 4.64. The number of aromatic nitrogens is 2. The number of carboxylic acids is 1. The molecule has 0 bridgehead atoms. The molecule has 0 aliphatic rings. The number of carboxylic acid groups (broad SMARTS) is 1. The third-order valence-corrected chi connectivity index (χ3v) is 2.52. The Labute approximate surface area is 118 Å². The first-order chi connectivity index (χ1) is 9.52. The molecule has 1 aromatic heterocycles. The van der Waals surface area contributed by atoms with Crippen LogP contribution in [0.2, 0.25) is 0 Å². The number of alkyl halides is 3. The fourth-order valence-corrected chi connectivity index (χ4v) is 1.59. The number of hydrogen-bond donors (Lipinski definition) is 1. The highest BCUT2D eigenvalue weighted by atomic mass is 19.4. The van der Waals surface area contributed by atoms with Gasteiger partial charge in [-0.2, -0.15) is 13.2 Å². The van der Waals surface area contributed by atoms with E-state index in [0.29, 0.717) is 0 Å². The second kappa shape index (κ2) is 6.06. The van der Waals surface area contributed by atoms with Gasteiger partial charge in [-0.05, 0) is 26.8 Å². The molecule has 0 saturated heterocycles. The maximum atomic E-state index is 12.6. The standard InChI is InChI=1S/C12H14F3N3O3/c1-6(2)18(5-9(19)20)10(21)8-4-7(3)16-11(17-8)12(13,14)15/h4,6H,5H2,1-3H3,(H,19,20). The molecule has 0 radical (unpaired) electrons. The van der Waals surface area contributed by atoms with Gasteiger partial charge in [0.15, 0.2) is 0 Å². The van der Waals surface area contributed by atoms with Crippen molar-refractivity contribution in [3.63, 3.8) is 0 Å². The van der Waals surface area contributed by atoms with Gasteiger partial charge < -0.3 is 10.0 Å². The van der Waals surface area contributed by atoms with Gasteiger partial charge in [0.25, 0.3) is 5.91 Å². The van der Waals surface area contributed by atoms with E-state index in [-0.39, 0.29) is 5.69 Å². The minimum absolute atomic E-state index is 0.0280. The summed E-state index contributed by atoms with van der Waals surface area (Å²) in [7, 11) is 0. The Kier molecular flexibility index (Phi) is 4.87. The van der Waals surface area contributed by atoms with Crippen LogP contribution in [0.4, 0.5) is 13.2 Å². The Morgan fingerprint density at radius 1 is 1.33 bits per heavy atom. The van der Waals surface area contributed by atoms with E-state index >= 15 is 0 Å². The van der Waals surface area contributed by atoms with Crippen molar-refractivity contribution in [3.8, 4) is 0 Å². The number of carbonyl (C=O) groups excluding carboxylic acids is 1. The zero-order chi connectivity index (χ0) is 16.4. The number of hydrogen-bond acceptors (Lipinski definition) is 4. The number of nitrogens with zero attached hydrogens (tertiary/aromatic N) is 3. The number of carbonyl (C=O) groups is 2. The molecule has 0 spiro atoms. The first-order valence-corrected chi connectivity index (χ1v) is 5.98. The fourth-order valence-electron chi connectivity index (χ4n) is 1.59. The van der Waals surface area contributed by atoms with Crippen LogP contribution in [0.15, 0.2) is 6.07 Å². The quantitative estimate of drug-likeness (QED) is 0.916. The molecule has 9 heteroatoms. The molecule has 116 valence electrons. The van der Waals surface area contributed by atoms with E-state index in [1.165, 1.54) is 6.92 Å². The molecule has 0 saturated carbocycles. The molecular formula is C12H14F3N3O3. The molecule has 0 fully saturated rings. The molecule has 1 heterocycles. The van der Waals surface area contributed by atoms with Crippen LogP contribution in [0.5, 0.6) is 0 Å². The predicted octanol–water partition coefficient (Wildman–Crippen LogP) is 1.74. The van der Waals surface area contributed by atoms with Crippen molar-refractivity contribution in [2.75, 3.05) is 6.54 Å². The van der Waals surface area contributed by atoms with E-state index in [9.17, 15) is 22.8 Å². The summed E-state index contributed by atoms with van der Waals surface area (Å²) < 4.78 is 37.9. The van der Waals surface area contributed by atoms with Gasteiger partial charge in [-0.3, -0.25) is 9.59 Å². The summed E-state index contributed by atoms with van der Waals surface area (Å²) in [6.07, 6.45) is -4.78. The molecule has 0 atom stereocenters. The topological polar surface area (TPSA) is 83.4 Å². The second-order valence-corrected chi connectivity index (χ2v) is 4.64. The summed E-state index contributed by atoms with van der Waals surface area (Å²) in [6.45, 7) is 3.78. The molecule has 0 aliphatic heterocycles. The molecule has 0 unspecified atom stereocenters. The van der Waals surface area contributed by atoms with Crippen LogP contribution in [-0.2, 0) is 11.0 Å². The van der Waals surface area contributed by atoms with Crippen molar-refractivity contribution in [1.29, 1.82) is 0 Å². The Hall–Kier alpha value is -2.19. The molecule has 6 nitrogen and oxygen atoms in total. The maximum Gasteiger partial charge on any atom is 0.451 e. The summed E-state index contributed by atoms with van der Waals surface area (Å²) in [5, 5.41) is 8.76. The maximum absolute atomic E-state index is 12.6. The lowest BCUT2D eigenvalue weighted by Crippen LogP contribution is -2.41. The molecule has 1 amide bonds. The minimum Gasteiger partial charge on any atom is -0.480 e. The third-order valence-electron chi connectivity index (χ3n) is 2.52. The van der Waals surface area contributed by atoms with Crippen LogP contribution in [0.3, 0.4) is 0 Å². The first-order valence-electron chi connectivity index (χ1n) is 5.98. The van der Waals surface area contributed by atoms with Gasteiger partial charge in [-0.25, -0.2) is 9.97 Å². The van der Waals surface area contributed by atoms with Crippen LogP contribution in [0.1, 0.15) is 35.9 Å². The minimum atomic E-state index is -4.78. The number of halogens is 3. The molecular weight excluding hydrogens is 291 g/mol. The van der Waals surface area contributed by atoms with Crippen molar-refractivity contribution in [1.82, 2.24) is 14.9 Å². The summed E-state index contributed by atoms with van der Waals surface area (Å²) in [6, 6.07) is 0.590. The normalized spacial score (nSPS) is 11.6. The van der Waals surface area contributed by atoms with Gasteiger partial charge in [-0.1, -0.05) is 0 Å². The Balaban J connectivity index is 3.22. The van der Waals surface area contributed by atoms with Gasteiger partial charge in [-0.15, -0.1) is 0 Å². The summed E-state index contributed by atoms with van der Waals surface area (Å²) in [4.78, 5) is 30.2. The molecule has 21 heavy (non-hydrogen) atoms. The van der Waals surface area contributed by atoms with Crippen molar-refractivity contribution >= 4 is 11.9 Å². The number of aryl methyl sites for hydroxylation is 1. The van der Waals surface area contributed by atoms with Crippen LogP contribution in [0.25, 0.3) is 0 Å².